The molecule has 0 atom stereocenters. The van der Waals surface area contributed by atoms with Crippen molar-refractivity contribution in [1.29, 1.82) is 0 Å². The van der Waals surface area contributed by atoms with Crippen molar-refractivity contribution in [1.82, 2.24) is 9.97 Å². The largest absolute Gasteiger partial charge is 0.393 e. The lowest BCUT2D eigenvalue weighted by Gasteiger charge is -2.32. The highest BCUT2D eigenvalue weighted by Crippen LogP contribution is 2.28. The summed E-state index contributed by atoms with van der Waals surface area (Å²) in [6.07, 6.45) is 3.47. The predicted molar refractivity (Wildman–Crippen MR) is 75.0 cm³/mol. The summed E-state index contributed by atoms with van der Waals surface area (Å²) in [5.41, 5.74) is 6.40. The molecule has 0 unspecified atom stereocenters. The first kappa shape index (κ1) is 15.0. The van der Waals surface area contributed by atoms with Gasteiger partial charge in [-0.3, -0.25) is 0 Å². The van der Waals surface area contributed by atoms with E-state index in [1.807, 2.05) is 0 Å². The fourth-order valence-electron chi connectivity index (χ4n) is 1.97. The van der Waals surface area contributed by atoms with Gasteiger partial charge in [-0.1, -0.05) is 25.4 Å². The lowest BCUT2D eigenvalue weighted by atomic mass is 10.1. The van der Waals surface area contributed by atoms with Gasteiger partial charge in [-0.05, 0) is 12.8 Å². The Morgan fingerprint density at radius 1 is 1.39 bits per heavy atom. The number of nitrogen functional groups attached to an aromatic ring is 1. The number of hydrogen-bond acceptors (Lipinski definition) is 5. The van der Waals surface area contributed by atoms with Crippen LogP contribution >= 0.6 is 11.6 Å². The molecular weight excluding hydrogens is 252 g/mol. The number of methoxy groups -OCH3 is 1. The van der Waals surface area contributed by atoms with E-state index in [0.29, 0.717) is 29.3 Å². The standard InChI is InChI=1S/C12H21ClN4O/c1-4-9(5-2)17(6-7-18-3)12-10(14)11(13)15-8-16-12/h8-9H,4-7,14H2,1-3H3. The van der Waals surface area contributed by atoms with Crippen LogP contribution in [0.25, 0.3) is 0 Å². The van der Waals surface area contributed by atoms with Gasteiger partial charge in [-0.25, -0.2) is 9.97 Å². The van der Waals surface area contributed by atoms with Gasteiger partial charge in [0.2, 0.25) is 0 Å². The Labute approximate surface area is 113 Å². The van der Waals surface area contributed by atoms with Crippen LogP contribution < -0.4 is 10.6 Å². The summed E-state index contributed by atoms with van der Waals surface area (Å²) in [6.45, 7) is 5.65. The summed E-state index contributed by atoms with van der Waals surface area (Å²) in [7, 11) is 1.68. The van der Waals surface area contributed by atoms with Gasteiger partial charge in [-0.15, -0.1) is 0 Å². The Morgan fingerprint density at radius 2 is 2.06 bits per heavy atom. The van der Waals surface area contributed by atoms with Crippen molar-refractivity contribution >= 4 is 23.1 Å². The van der Waals surface area contributed by atoms with E-state index >= 15 is 0 Å². The zero-order valence-electron chi connectivity index (χ0n) is 11.2. The quantitative estimate of drug-likeness (QED) is 0.772. The van der Waals surface area contributed by atoms with E-state index < -0.39 is 0 Å². The average molecular weight is 273 g/mol. The number of nitrogens with two attached hydrogens (primary N) is 1. The first-order valence-electron chi connectivity index (χ1n) is 6.17. The summed E-state index contributed by atoms with van der Waals surface area (Å²) in [5.74, 6) is 0.695. The van der Waals surface area contributed by atoms with Gasteiger partial charge >= 0.3 is 0 Å². The molecule has 0 aliphatic heterocycles. The molecule has 0 aromatic carbocycles. The Balaban J connectivity index is 3.04. The first-order valence-corrected chi connectivity index (χ1v) is 6.54. The molecule has 5 nitrogen and oxygen atoms in total. The van der Waals surface area contributed by atoms with Gasteiger partial charge in [0.1, 0.15) is 12.0 Å². The molecule has 0 saturated heterocycles. The van der Waals surface area contributed by atoms with Crippen molar-refractivity contribution in [2.24, 2.45) is 0 Å². The lowest BCUT2D eigenvalue weighted by molar-refractivity contribution is 0.202. The van der Waals surface area contributed by atoms with Gasteiger partial charge in [0, 0.05) is 19.7 Å². The van der Waals surface area contributed by atoms with Crippen LogP contribution in [-0.2, 0) is 4.74 Å². The molecule has 0 aliphatic rings. The number of ether oxygens (including phenoxy) is 1. The third-order valence-corrected chi connectivity index (χ3v) is 3.31. The maximum absolute atomic E-state index is 5.96. The van der Waals surface area contributed by atoms with Crippen LogP contribution in [0.2, 0.25) is 5.15 Å². The molecule has 1 rings (SSSR count). The van der Waals surface area contributed by atoms with E-state index in [1.165, 1.54) is 6.33 Å². The van der Waals surface area contributed by atoms with E-state index in [1.54, 1.807) is 7.11 Å². The molecule has 2 N–H and O–H groups in total. The van der Waals surface area contributed by atoms with Crippen molar-refractivity contribution in [3.05, 3.63) is 11.5 Å². The van der Waals surface area contributed by atoms with Crippen LogP contribution in [0, 0.1) is 0 Å². The number of halogens is 1. The number of anilines is 2. The number of aromatic nitrogens is 2. The normalized spacial score (nSPS) is 10.9. The van der Waals surface area contributed by atoms with E-state index in [2.05, 4.69) is 28.7 Å². The van der Waals surface area contributed by atoms with E-state index in [9.17, 15) is 0 Å². The fourth-order valence-corrected chi connectivity index (χ4v) is 2.10. The van der Waals surface area contributed by atoms with Crippen LogP contribution in [0.4, 0.5) is 11.5 Å². The van der Waals surface area contributed by atoms with Crippen molar-refractivity contribution in [2.75, 3.05) is 30.9 Å². The van der Waals surface area contributed by atoms with Crippen molar-refractivity contribution in [3.63, 3.8) is 0 Å². The Morgan fingerprint density at radius 3 is 2.61 bits per heavy atom. The number of nitrogens with zero attached hydrogens (tertiary/aromatic N) is 3. The zero-order chi connectivity index (χ0) is 13.5. The molecule has 0 spiro atoms. The minimum Gasteiger partial charge on any atom is -0.393 e. The van der Waals surface area contributed by atoms with E-state index in [0.717, 1.165) is 19.4 Å². The Bertz CT molecular complexity index is 371. The fraction of sp³-hybridized carbons (Fsp3) is 0.667. The second-order valence-electron chi connectivity index (χ2n) is 4.06. The third kappa shape index (κ3) is 3.46. The van der Waals surface area contributed by atoms with Crippen LogP contribution in [0.1, 0.15) is 26.7 Å². The monoisotopic (exact) mass is 272 g/mol. The highest BCUT2D eigenvalue weighted by atomic mass is 35.5. The van der Waals surface area contributed by atoms with Crippen LogP contribution in [0.3, 0.4) is 0 Å². The highest BCUT2D eigenvalue weighted by molar-refractivity contribution is 6.32. The molecule has 0 fully saturated rings. The summed E-state index contributed by atoms with van der Waals surface area (Å²) in [6, 6.07) is 0.369. The molecule has 1 aromatic heterocycles. The molecule has 0 aliphatic carbocycles. The lowest BCUT2D eigenvalue weighted by Crippen LogP contribution is -2.38. The summed E-state index contributed by atoms with van der Waals surface area (Å²) >= 11 is 5.95. The average Bonchev–Trinajstić information content (AvgIpc) is 2.38. The molecule has 6 heteroatoms. The van der Waals surface area contributed by atoms with Crippen molar-refractivity contribution < 1.29 is 4.74 Å². The molecule has 0 saturated carbocycles. The molecule has 1 heterocycles. The molecule has 18 heavy (non-hydrogen) atoms. The topological polar surface area (TPSA) is 64.3 Å². The first-order chi connectivity index (χ1) is 8.65. The van der Waals surface area contributed by atoms with Crippen LogP contribution in [0.5, 0.6) is 0 Å². The van der Waals surface area contributed by atoms with Gasteiger partial charge in [0.05, 0.1) is 6.61 Å². The van der Waals surface area contributed by atoms with Crippen LogP contribution in [-0.4, -0.2) is 36.3 Å². The Hall–Kier alpha value is -1.07. The summed E-state index contributed by atoms with van der Waals surface area (Å²) in [4.78, 5) is 10.3. The van der Waals surface area contributed by atoms with Crippen molar-refractivity contribution in [2.45, 2.75) is 32.7 Å². The van der Waals surface area contributed by atoms with Gasteiger partial charge in [0.25, 0.3) is 0 Å². The predicted octanol–water partition coefficient (Wildman–Crippen LogP) is 2.35. The van der Waals surface area contributed by atoms with Crippen LogP contribution in [0.15, 0.2) is 6.33 Å². The van der Waals surface area contributed by atoms with E-state index in [-0.39, 0.29) is 0 Å². The second kappa shape index (κ2) is 7.38. The molecular formula is C12H21ClN4O. The minimum atomic E-state index is 0.299. The molecule has 1 aromatic rings. The van der Waals surface area contributed by atoms with Gasteiger partial charge < -0.3 is 15.4 Å². The number of rotatable bonds is 7. The molecule has 0 bridgehead atoms. The maximum Gasteiger partial charge on any atom is 0.157 e. The van der Waals surface area contributed by atoms with Gasteiger partial charge in [0.15, 0.2) is 11.0 Å². The summed E-state index contributed by atoms with van der Waals surface area (Å²) < 4.78 is 5.14. The highest BCUT2D eigenvalue weighted by Gasteiger charge is 2.20. The molecule has 0 amide bonds. The van der Waals surface area contributed by atoms with Crippen molar-refractivity contribution in [3.8, 4) is 0 Å². The third-order valence-electron chi connectivity index (χ3n) is 3.01. The SMILES string of the molecule is CCC(CC)N(CCOC)c1ncnc(Cl)c1N. The molecule has 0 radical (unpaired) electrons. The second-order valence-corrected chi connectivity index (χ2v) is 4.42. The molecule has 102 valence electrons. The zero-order valence-corrected chi connectivity index (χ0v) is 11.9. The minimum absolute atomic E-state index is 0.299. The maximum atomic E-state index is 5.96. The van der Waals surface area contributed by atoms with Gasteiger partial charge in [-0.2, -0.15) is 0 Å². The summed E-state index contributed by atoms with van der Waals surface area (Å²) in [5, 5.41) is 0.299. The smallest absolute Gasteiger partial charge is 0.157 e. The number of hydrogen-bond donors (Lipinski definition) is 1. The van der Waals surface area contributed by atoms with E-state index in [4.69, 9.17) is 22.1 Å². The Kier molecular flexibility index (Phi) is 6.15.